The molecule has 0 aromatic carbocycles. The van der Waals surface area contributed by atoms with Gasteiger partial charge in [0.05, 0.1) is 5.69 Å². The molecular weight excluding hydrogens is 274 g/mol. The Morgan fingerprint density at radius 1 is 1.52 bits per heavy atom. The van der Waals surface area contributed by atoms with Crippen LogP contribution in [-0.4, -0.2) is 39.2 Å². The van der Waals surface area contributed by atoms with Crippen molar-refractivity contribution in [3.05, 3.63) is 17.5 Å². The molecule has 1 aliphatic rings. The lowest BCUT2D eigenvalue weighted by molar-refractivity contribution is -0.167. The van der Waals surface area contributed by atoms with Crippen LogP contribution in [0, 0.1) is 12.8 Å². The minimum atomic E-state index is -1.90. The van der Waals surface area contributed by atoms with Gasteiger partial charge in [-0.25, -0.2) is 0 Å². The van der Waals surface area contributed by atoms with Gasteiger partial charge in [-0.15, -0.1) is 0 Å². The number of aliphatic hydroxyl groups is 1. The first-order valence-electron chi connectivity index (χ1n) is 7.04. The molecular formula is C14H21N3O4. The van der Waals surface area contributed by atoms with Crippen molar-refractivity contribution in [1.82, 2.24) is 10.1 Å². The molecule has 1 fully saturated rings. The van der Waals surface area contributed by atoms with E-state index in [2.05, 4.69) is 5.16 Å². The molecule has 7 heteroatoms. The Morgan fingerprint density at radius 2 is 2.19 bits per heavy atom. The van der Waals surface area contributed by atoms with Crippen molar-refractivity contribution < 1.29 is 19.2 Å². The zero-order valence-electron chi connectivity index (χ0n) is 12.5. The molecule has 1 unspecified atom stereocenters. The molecule has 1 saturated heterocycles. The second-order valence-electron chi connectivity index (χ2n) is 5.87. The molecule has 0 bridgehead atoms. The van der Waals surface area contributed by atoms with E-state index in [1.54, 1.807) is 13.0 Å². The Hall–Kier alpha value is -1.89. The van der Waals surface area contributed by atoms with Crippen molar-refractivity contribution in [3.8, 4) is 0 Å². The third-order valence-electron chi connectivity index (χ3n) is 3.90. The number of aryl methyl sites for hydroxylation is 1. The summed E-state index contributed by atoms with van der Waals surface area (Å²) >= 11 is 0. The second-order valence-corrected chi connectivity index (χ2v) is 5.87. The first kappa shape index (κ1) is 15.5. The smallest absolute Gasteiger partial charge is 0.270 e. The number of likely N-dealkylation sites (tertiary alicyclic amines) is 1. The number of primary amides is 1. The van der Waals surface area contributed by atoms with Crippen LogP contribution in [0.2, 0.25) is 0 Å². The highest BCUT2D eigenvalue weighted by Gasteiger charge is 2.49. The molecule has 2 rings (SSSR count). The normalized spacial score (nSPS) is 23.6. The molecule has 2 amide bonds. The highest BCUT2D eigenvalue weighted by atomic mass is 16.5. The van der Waals surface area contributed by atoms with Gasteiger partial charge in [0.1, 0.15) is 11.7 Å². The van der Waals surface area contributed by atoms with E-state index in [4.69, 9.17) is 10.3 Å². The van der Waals surface area contributed by atoms with E-state index in [0.29, 0.717) is 24.4 Å². The van der Waals surface area contributed by atoms with Crippen LogP contribution in [0.1, 0.15) is 44.1 Å². The SMILES string of the molecule is Cc1cc([C@H](C(=O)N2CCCC2(O)C(N)=O)C(C)C)on1. The lowest BCUT2D eigenvalue weighted by atomic mass is 9.91. The summed E-state index contributed by atoms with van der Waals surface area (Å²) in [6.07, 6.45) is 0.694. The van der Waals surface area contributed by atoms with Gasteiger partial charge in [0.15, 0.2) is 0 Å². The van der Waals surface area contributed by atoms with Crippen LogP contribution in [0.3, 0.4) is 0 Å². The summed E-state index contributed by atoms with van der Waals surface area (Å²) in [7, 11) is 0. The van der Waals surface area contributed by atoms with Gasteiger partial charge in [-0.2, -0.15) is 0 Å². The Bertz CT molecular complexity index is 554. The average Bonchev–Trinajstić information content (AvgIpc) is 2.96. The first-order chi connectivity index (χ1) is 9.77. The Kier molecular flexibility index (Phi) is 4.04. The monoisotopic (exact) mass is 295 g/mol. The van der Waals surface area contributed by atoms with Crippen LogP contribution in [0.5, 0.6) is 0 Å². The highest BCUT2D eigenvalue weighted by molar-refractivity contribution is 5.92. The van der Waals surface area contributed by atoms with Crippen molar-refractivity contribution in [2.75, 3.05) is 6.54 Å². The standard InChI is InChI=1S/C14H21N3O4/c1-8(2)11(10-7-9(3)16-21-10)12(18)17-6-4-5-14(17,20)13(15)19/h7-8,11,20H,4-6H2,1-3H3,(H2,15,19)/t11-,14?/m1/s1. The summed E-state index contributed by atoms with van der Waals surface area (Å²) in [4.78, 5) is 25.5. The zero-order valence-corrected chi connectivity index (χ0v) is 12.5. The molecule has 0 spiro atoms. The maximum Gasteiger partial charge on any atom is 0.270 e. The number of carbonyl (C=O) groups excluding carboxylic acids is 2. The van der Waals surface area contributed by atoms with E-state index in [1.165, 1.54) is 0 Å². The Labute approximate surface area is 123 Å². The largest absolute Gasteiger partial charge is 0.365 e. The minimum Gasteiger partial charge on any atom is -0.365 e. The predicted octanol–water partition coefficient (Wildman–Crippen LogP) is 0.519. The fourth-order valence-corrected chi connectivity index (χ4v) is 2.79. The van der Waals surface area contributed by atoms with E-state index >= 15 is 0 Å². The van der Waals surface area contributed by atoms with Crippen molar-refractivity contribution in [2.45, 2.75) is 45.3 Å². The molecule has 0 saturated carbocycles. The maximum absolute atomic E-state index is 12.8. The molecule has 116 valence electrons. The lowest BCUT2D eigenvalue weighted by Gasteiger charge is -2.33. The van der Waals surface area contributed by atoms with E-state index in [-0.39, 0.29) is 18.2 Å². The van der Waals surface area contributed by atoms with Crippen molar-refractivity contribution in [2.24, 2.45) is 11.7 Å². The molecule has 7 nitrogen and oxygen atoms in total. The number of nitrogens with zero attached hydrogens (tertiary/aromatic N) is 2. The molecule has 1 aromatic heterocycles. The fraction of sp³-hybridized carbons (Fsp3) is 0.643. The molecule has 3 N–H and O–H groups in total. The fourth-order valence-electron chi connectivity index (χ4n) is 2.79. The molecule has 2 atom stereocenters. The van der Waals surface area contributed by atoms with Crippen LogP contribution < -0.4 is 5.73 Å². The van der Waals surface area contributed by atoms with E-state index in [9.17, 15) is 14.7 Å². The molecule has 1 aromatic rings. The zero-order chi connectivity index (χ0) is 15.8. The van der Waals surface area contributed by atoms with Crippen LogP contribution in [0.15, 0.2) is 10.6 Å². The maximum atomic E-state index is 12.8. The molecule has 0 aliphatic carbocycles. The number of hydrogen-bond acceptors (Lipinski definition) is 5. The summed E-state index contributed by atoms with van der Waals surface area (Å²) in [5.74, 6) is -1.49. The topological polar surface area (TPSA) is 110 Å². The number of carbonyl (C=O) groups is 2. The highest BCUT2D eigenvalue weighted by Crippen LogP contribution is 2.34. The first-order valence-corrected chi connectivity index (χ1v) is 7.04. The van der Waals surface area contributed by atoms with E-state index in [0.717, 1.165) is 4.90 Å². The summed E-state index contributed by atoms with van der Waals surface area (Å²) in [6, 6.07) is 1.70. The summed E-state index contributed by atoms with van der Waals surface area (Å²) in [5, 5.41) is 14.2. The number of rotatable bonds is 4. The summed E-state index contributed by atoms with van der Waals surface area (Å²) in [5.41, 5.74) is 4.03. The number of hydrogen-bond donors (Lipinski definition) is 2. The number of amides is 2. The van der Waals surface area contributed by atoms with E-state index < -0.39 is 17.6 Å². The molecule has 0 radical (unpaired) electrons. The van der Waals surface area contributed by atoms with Crippen molar-refractivity contribution in [1.29, 1.82) is 0 Å². The van der Waals surface area contributed by atoms with Gasteiger partial charge in [0, 0.05) is 19.0 Å². The van der Waals surface area contributed by atoms with Gasteiger partial charge in [0.25, 0.3) is 5.91 Å². The van der Waals surface area contributed by atoms with Gasteiger partial charge in [-0.3, -0.25) is 9.59 Å². The Morgan fingerprint density at radius 3 is 2.67 bits per heavy atom. The average molecular weight is 295 g/mol. The molecule has 1 aliphatic heterocycles. The van der Waals surface area contributed by atoms with Gasteiger partial charge in [-0.05, 0) is 19.3 Å². The van der Waals surface area contributed by atoms with Gasteiger partial charge in [-0.1, -0.05) is 19.0 Å². The van der Waals surface area contributed by atoms with Gasteiger partial charge < -0.3 is 20.3 Å². The minimum absolute atomic E-state index is 0.0671. The molecule has 21 heavy (non-hydrogen) atoms. The van der Waals surface area contributed by atoms with Gasteiger partial charge in [0.2, 0.25) is 11.6 Å². The van der Waals surface area contributed by atoms with Crippen molar-refractivity contribution in [3.63, 3.8) is 0 Å². The molecule has 2 heterocycles. The lowest BCUT2D eigenvalue weighted by Crippen LogP contribution is -2.57. The quantitative estimate of drug-likeness (QED) is 0.841. The number of aromatic nitrogens is 1. The van der Waals surface area contributed by atoms with Crippen LogP contribution in [0.25, 0.3) is 0 Å². The number of nitrogens with two attached hydrogens (primary N) is 1. The van der Waals surface area contributed by atoms with Crippen LogP contribution >= 0.6 is 0 Å². The van der Waals surface area contributed by atoms with Crippen molar-refractivity contribution >= 4 is 11.8 Å². The Balaban J connectivity index is 2.33. The van der Waals surface area contributed by atoms with Crippen LogP contribution in [0.4, 0.5) is 0 Å². The van der Waals surface area contributed by atoms with Crippen LogP contribution in [-0.2, 0) is 9.59 Å². The van der Waals surface area contributed by atoms with Gasteiger partial charge >= 0.3 is 0 Å². The third kappa shape index (κ3) is 2.65. The summed E-state index contributed by atoms with van der Waals surface area (Å²) in [6.45, 7) is 5.82. The summed E-state index contributed by atoms with van der Waals surface area (Å²) < 4.78 is 5.20. The third-order valence-corrected chi connectivity index (χ3v) is 3.90. The predicted molar refractivity (Wildman–Crippen MR) is 73.9 cm³/mol. The van der Waals surface area contributed by atoms with E-state index in [1.807, 2.05) is 13.8 Å². The second kappa shape index (κ2) is 5.48.